The van der Waals surface area contributed by atoms with E-state index >= 15 is 0 Å². The molecule has 0 bridgehead atoms. The van der Waals surface area contributed by atoms with E-state index in [-0.39, 0.29) is 11.8 Å². The molecule has 4 rings (SSSR count). The highest BCUT2D eigenvalue weighted by Gasteiger charge is 2.37. The van der Waals surface area contributed by atoms with Gasteiger partial charge in [-0.2, -0.15) is 0 Å². The van der Waals surface area contributed by atoms with Gasteiger partial charge in [0.15, 0.2) is 0 Å². The third-order valence-electron chi connectivity index (χ3n) is 4.83. The van der Waals surface area contributed by atoms with Gasteiger partial charge in [-0.25, -0.2) is 0 Å². The molecule has 23 heavy (non-hydrogen) atoms. The van der Waals surface area contributed by atoms with E-state index in [1.165, 1.54) is 5.56 Å². The Morgan fingerprint density at radius 1 is 1.04 bits per heavy atom. The molecule has 2 heterocycles. The number of carbonyl (C=O) groups excluding carboxylic acids is 2. The first-order valence-corrected chi connectivity index (χ1v) is 7.95. The predicted octanol–water partition coefficient (Wildman–Crippen LogP) is 2.62. The lowest BCUT2D eigenvalue weighted by Crippen LogP contribution is -2.46. The normalized spacial score (nSPS) is 17.2. The highest BCUT2D eigenvalue weighted by molar-refractivity contribution is 6.04. The van der Waals surface area contributed by atoms with Gasteiger partial charge < -0.3 is 9.80 Å². The van der Waals surface area contributed by atoms with Gasteiger partial charge in [0.05, 0.1) is 0 Å². The van der Waals surface area contributed by atoms with E-state index in [0.29, 0.717) is 18.7 Å². The highest BCUT2D eigenvalue weighted by atomic mass is 16.2. The molecule has 2 aliphatic rings. The minimum atomic E-state index is -0.457. The number of fused-ring (bicyclic) bond motifs is 2. The van der Waals surface area contributed by atoms with Crippen molar-refractivity contribution in [3.8, 4) is 0 Å². The van der Waals surface area contributed by atoms with Crippen LogP contribution in [0.4, 0.5) is 5.69 Å². The Balaban J connectivity index is 1.58. The molecule has 2 amide bonds. The Kier molecular flexibility index (Phi) is 3.18. The lowest BCUT2D eigenvalue weighted by molar-refractivity contribution is -0.122. The molecular weight excluding hydrogens is 288 g/mol. The smallest absolute Gasteiger partial charge is 0.255 e. The molecule has 0 saturated carbocycles. The monoisotopic (exact) mass is 306 g/mol. The Morgan fingerprint density at radius 3 is 2.52 bits per heavy atom. The number of nitrogens with zero attached hydrogens (tertiary/aromatic N) is 2. The maximum atomic E-state index is 12.9. The van der Waals surface area contributed by atoms with Crippen LogP contribution in [0.3, 0.4) is 0 Å². The molecule has 4 nitrogen and oxygen atoms in total. The minimum Gasteiger partial charge on any atom is -0.323 e. The first kappa shape index (κ1) is 14.0. The van der Waals surface area contributed by atoms with Crippen molar-refractivity contribution < 1.29 is 9.59 Å². The Hall–Kier alpha value is -2.62. The molecule has 2 aromatic carbocycles. The van der Waals surface area contributed by atoms with Gasteiger partial charge in [-0.15, -0.1) is 0 Å². The quantitative estimate of drug-likeness (QED) is 0.856. The van der Waals surface area contributed by atoms with Gasteiger partial charge in [-0.1, -0.05) is 36.4 Å². The second-order valence-electron chi connectivity index (χ2n) is 6.13. The largest absolute Gasteiger partial charge is 0.323 e. The first-order chi connectivity index (χ1) is 11.2. The standard InChI is InChI=1S/C19H18N2O2/c1-13(21-12-15-7-2-4-8-16(15)19(21)23)18(22)20-11-10-14-6-3-5-9-17(14)20/h2-9,13H,10-12H2,1H3. The van der Waals surface area contributed by atoms with Crippen LogP contribution in [0, 0.1) is 0 Å². The van der Waals surface area contributed by atoms with Crippen LogP contribution in [-0.2, 0) is 17.8 Å². The zero-order valence-electron chi connectivity index (χ0n) is 13.0. The van der Waals surface area contributed by atoms with E-state index in [0.717, 1.165) is 17.7 Å². The van der Waals surface area contributed by atoms with E-state index in [2.05, 4.69) is 6.07 Å². The molecule has 0 radical (unpaired) electrons. The van der Waals surface area contributed by atoms with E-state index in [1.807, 2.05) is 54.3 Å². The number of para-hydroxylation sites is 1. The highest BCUT2D eigenvalue weighted by Crippen LogP contribution is 2.30. The third kappa shape index (κ3) is 2.13. The van der Waals surface area contributed by atoms with Crippen LogP contribution < -0.4 is 4.90 Å². The molecule has 0 spiro atoms. The van der Waals surface area contributed by atoms with E-state index in [4.69, 9.17) is 0 Å². The van der Waals surface area contributed by atoms with Gasteiger partial charge >= 0.3 is 0 Å². The average molecular weight is 306 g/mol. The van der Waals surface area contributed by atoms with E-state index in [1.54, 1.807) is 4.90 Å². The molecule has 0 aliphatic carbocycles. The summed E-state index contributed by atoms with van der Waals surface area (Å²) in [6.07, 6.45) is 0.878. The third-order valence-corrected chi connectivity index (χ3v) is 4.83. The summed E-state index contributed by atoms with van der Waals surface area (Å²) in [5.41, 5.74) is 3.89. The lowest BCUT2D eigenvalue weighted by Gasteiger charge is -2.28. The van der Waals surface area contributed by atoms with Crippen molar-refractivity contribution in [3.05, 3.63) is 65.2 Å². The van der Waals surface area contributed by atoms with Crippen LogP contribution in [0.25, 0.3) is 0 Å². The minimum absolute atomic E-state index is 0.00361. The van der Waals surface area contributed by atoms with Crippen molar-refractivity contribution in [2.24, 2.45) is 0 Å². The van der Waals surface area contributed by atoms with Gasteiger partial charge in [0, 0.05) is 24.3 Å². The second kappa shape index (κ2) is 5.23. The van der Waals surface area contributed by atoms with Crippen molar-refractivity contribution in [1.29, 1.82) is 0 Å². The predicted molar refractivity (Wildman–Crippen MR) is 88.3 cm³/mol. The molecule has 0 fully saturated rings. The molecule has 0 saturated heterocycles. The molecular formula is C19H18N2O2. The number of anilines is 1. The van der Waals surface area contributed by atoms with Crippen LogP contribution in [0.5, 0.6) is 0 Å². The van der Waals surface area contributed by atoms with Gasteiger partial charge in [-0.05, 0) is 36.6 Å². The fraction of sp³-hybridized carbons (Fsp3) is 0.263. The van der Waals surface area contributed by atoms with Crippen LogP contribution in [0.2, 0.25) is 0 Å². The van der Waals surface area contributed by atoms with Gasteiger partial charge in [0.2, 0.25) is 5.91 Å². The van der Waals surface area contributed by atoms with Crippen LogP contribution in [-0.4, -0.2) is 29.3 Å². The van der Waals surface area contributed by atoms with Gasteiger partial charge in [0.1, 0.15) is 6.04 Å². The molecule has 1 unspecified atom stereocenters. The first-order valence-electron chi connectivity index (χ1n) is 7.95. The number of amides is 2. The van der Waals surface area contributed by atoms with Gasteiger partial charge in [-0.3, -0.25) is 9.59 Å². The van der Waals surface area contributed by atoms with E-state index in [9.17, 15) is 9.59 Å². The molecule has 0 N–H and O–H groups in total. The van der Waals surface area contributed by atoms with Crippen molar-refractivity contribution in [1.82, 2.24) is 4.90 Å². The Bertz CT molecular complexity index is 799. The Morgan fingerprint density at radius 2 is 1.74 bits per heavy atom. The Labute approximate surface area is 135 Å². The maximum Gasteiger partial charge on any atom is 0.255 e. The topological polar surface area (TPSA) is 40.6 Å². The number of hydrogen-bond donors (Lipinski definition) is 0. The zero-order chi connectivity index (χ0) is 16.0. The van der Waals surface area contributed by atoms with Crippen LogP contribution in [0.1, 0.15) is 28.4 Å². The number of rotatable bonds is 2. The summed E-state index contributed by atoms with van der Waals surface area (Å²) in [5, 5.41) is 0. The molecule has 2 aromatic rings. The summed E-state index contributed by atoms with van der Waals surface area (Å²) in [6.45, 7) is 3.03. The summed E-state index contributed by atoms with van der Waals surface area (Å²) in [5.74, 6) is -0.0509. The summed E-state index contributed by atoms with van der Waals surface area (Å²) in [4.78, 5) is 29.0. The van der Waals surface area contributed by atoms with Crippen molar-refractivity contribution in [2.45, 2.75) is 25.9 Å². The summed E-state index contributed by atoms with van der Waals surface area (Å²) >= 11 is 0. The second-order valence-corrected chi connectivity index (χ2v) is 6.13. The molecule has 116 valence electrons. The molecule has 1 atom stereocenters. The fourth-order valence-electron chi connectivity index (χ4n) is 3.52. The van der Waals surface area contributed by atoms with E-state index < -0.39 is 6.04 Å². The van der Waals surface area contributed by atoms with Gasteiger partial charge in [0.25, 0.3) is 5.91 Å². The van der Waals surface area contributed by atoms with Crippen molar-refractivity contribution in [2.75, 3.05) is 11.4 Å². The van der Waals surface area contributed by atoms with Crippen LogP contribution >= 0.6 is 0 Å². The van der Waals surface area contributed by atoms with Crippen LogP contribution in [0.15, 0.2) is 48.5 Å². The average Bonchev–Trinajstić information content (AvgIpc) is 3.16. The lowest BCUT2D eigenvalue weighted by atomic mass is 10.1. The fourth-order valence-corrected chi connectivity index (χ4v) is 3.52. The summed E-state index contributed by atoms with van der Waals surface area (Å²) in [6, 6.07) is 15.1. The number of carbonyl (C=O) groups is 2. The maximum absolute atomic E-state index is 12.9. The molecule has 0 aromatic heterocycles. The SMILES string of the molecule is CC(C(=O)N1CCc2ccccc21)N1Cc2ccccc2C1=O. The summed E-state index contributed by atoms with van der Waals surface area (Å²) in [7, 11) is 0. The number of hydrogen-bond acceptors (Lipinski definition) is 2. The molecule has 4 heteroatoms. The van der Waals surface area contributed by atoms with Crippen molar-refractivity contribution in [3.63, 3.8) is 0 Å². The summed E-state index contributed by atoms with van der Waals surface area (Å²) < 4.78 is 0. The molecule has 2 aliphatic heterocycles. The zero-order valence-corrected chi connectivity index (χ0v) is 13.0. The number of benzene rings is 2. The van der Waals surface area contributed by atoms with Crippen molar-refractivity contribution >= 4 is 17.5 Å².